The van der Waals surface area contributed by atoms with Crippen LogP contribution in [0.25, 0.3) is 16.2 Å². The predicted octanol–water partition coefficient (Wildman–Crippen LogP) is 3.07. The molecule has 16 heavy (non-hydrogen) atoms. The summed E-state index contributed by atoms with van der Waals surface area (Å²) in [6.07, 6.45) is 1.97. The molecule has 0 radical (unpaired) electrons. The topological polar surface area (TPSA) is 30.2 Å². The van der Waals surface area contributed by atoms with E-state index in [2.05, 4.69) is 42.1 Å². The van der Waals surface area contributed by atoms with Crippen molar-refractivity contribution in [3.8, 4) is 11.3 Å². The van der Waals surface area contributed by atoms with Crippen molar-refractivity contribution >= 4 is 16.3 Å². The van der Waals surface area contributed by atoms with Crippen molar-refractivity contribution in [3.63, 3.8) is 0 Å². The monoisotopic (exact) mass is 229 g/mol. The van der Waals surface area contributed by atoms with Gasteiger partial charge in [0.15, 0.2) is 0 Å². The Balaban J connectivity index is 2.15. The van der Waals surface area contributed by atoms with Crippen LogP contribution < -0.4 is 0 Å². The third kappa shape index (κ3) is 1.42. The summed E-state index contributed by atoms with van der Waals surface area (Å²) in [5.41, 5.74) is 6.54. The first-order valence-corrected chi connectivity index (χ1v) is 5.98. The highest BCUT2D eigenvalue weighted by atomic mass is 32.1. The zero-order chi connectivity index (χ0) is 11.1. The molecule has 1 aromatic carbocycles. The molecular formula is C12H11N3S. The Morgan fingerprint density at radius 1 is 1.19 bits per heavy atom. The van der Waals surface area contributed by atoms with Gasteiger partial charge in [0, 0.05) is 5.56 Å². The minimum Gasteiger partial charge on any atom is -0.217 e. The molecule has 0 bridgehead atoms. The zero-order valence-electron chi connectivity index (χ0n) is 9.14. The summed E-state index contributed by atoms with van der Waals surface area (Å²) in [4.78, 5) is 5.47. The van der Waals surface area contributed by atoms with Gasteiger partial charge >= 0.3 is 0 Å². The highest BCUT2D eigenvalue weighted by Crippen LogP contribution is 2.22. The number of fused-ring (bicyclic) bond motifs is 1. The number of aromatic nitrogens is 3. The smallest absolute Gasteiger partial charge is 0.212 e. The van der Waals surface area contributed by atoms with E-state index < -0.39 is 0 Å². The number of aryl methyl sites for hydroxylation is 2. The van der Waals surface area contributed by atoms with Gasteiger partial charge in [-0.1, -0.05) is 23.5 Å². The maximum Gasteiger partial charge on any atom is 0.212 e. The Morgan fingerprint density at radius 2 is 2.06 bits per heavy atom. The van der Waals surface area contributed by atoms with E-state index in [1.165, 1.54) is 11.1 Å². The number of nitrogens with zero attached hydrogens (tertiary/aromatic N) is 3. The molecule has 2 aromatic heterocycles. The minimum absolute atomic E-state index is 0.938. The van der Waals surface area contributed by atoms with Crippen molar-refractivity contribution in [1.29, 1.82) is 0 Å². The van der Waals surface area contributed by atoms with E-state index in [1.807, 2.05) is 10.7 Å². The molecule has 0 spiro atoms. The van der Waals surface area contributed by atoms with Crippen LogP contribution in [0.4, 0.5) is 0 Å². The first-order chi connectivity index (χ1) is 7.74. The maximum atomic E-state index is 4.53. The molecule has 0 unspecified atom stereocenters. The second-order valence-electron chi connectivity index (χ2n) is 3.89. The first-order valence-electron chi connectivity index (χ1n) is 5.10. The fourth-order valence-electron chi connectivity index (χ4n) is 1.68. The van der Waals surface area contributed by atoms with Crippen LogP contribution in [0.15, 0.2) is 29.9 Å². The number of benzene rings is 1. The third-order valence-electron chi connectivity index (χ3n) is 2.79. The van der Waals surface area contributed by atoms with Crippen LogP contribution >= 0.6 is 11.3 Å². The molecule has 0 saturated carbocycles. The fraction of sp³-hybridized carbons (Fsp3) is 0.167. The molecule has 80 valence electrons. The number of rotatable bonds is 1. The van der Waals surface area contributed by atoms with Gasteiger partial charge < -0.3 is 0 Å². The van der Waals surface area contributed by atoms with Crippen LogP contribution in [0.5, 0.6) is 0 Å². The average molecular weight is 229 g/mol. The molecule has 0 amide bonds. The van der Waals surface area contributed by atoms with Crippen LogP contribution in [0.2, 0.25) is 0 Å². The van der Waals surface area contributed by atoms with Crippen molar-refractivity contribution in [2.24, 2.45) is 0 Å². The van der Waals surface area contributed by atoms with E-state index in [4.69, 9.17) is 0 Å². The summed E-state index contributed by atoms with van der Waals surface area (Å²) in [5, 5.41) is 4.18. The molecule has 0 N–H and O–H groups in total. The second kappa shape index (κ2) is 3.42. The summed E-state index contributed by atoms with van der Waals surface area (Å²) in [7, 11) is 0. The van der Waals surface area contributed by atoms with Crippen LogP contribution in [0.3, 0.4) is 0 Å². The largest absolute Gasteiger partial charge is 0.217 e. The Labute approximate surface area is 97.4 Å². The number of hydrogen-bond acceptors (Lipinski definition) is 3. The SMILES string of the molecule is Cc1ccc(-c2cn3ncsc3n2)cc1C. The summed E-state index contributed by atoms with van der Waals surface area (Å²) < 4.78 is 1.81. The summed E-state index contributed by atoms with van der Waals surface area (Å²) in [5.74, 6) is 0. The minimum atomic E-state index is 0.938. The van der Waals surface area contributed by atoms with Crippen molar-refractivity contribution in [1.82, 2.24) is 14.6 Å². The molecule has 3 aromatic rings. The third-order valence-corrected chi connectivity index (χ3v) is 3.48. The molecule has 0 fully saturated rings. The summed E-state index contributed by atoms with van der Waals surface area (Å²) in [6.45, 7) is 4.24. The quantitative estimate of drug-likeness (QED) is 0.642. The molecule has 0 aliphatic heterocycles. The van der Waals surface area contributed by atoms with Crippen molar-refractivity contribution in [2.45, 2.75) is 13.8 Å². The van der Waals surface area contributed by atoms with Gasteiger partial charge in [-0.3, -0.25) is 0 Å². The Bertz CT molecular complexity index is 623. The highest BCUT2D eigenvalue weighted by Gasteiger charge is 2.06. The molecule has 3 nitrogen and oxygen atoms in total. The number of hydrogen-bond donors (Lipinski definition) is 0. The normalized spacial score (nSPS) is 11.1. The Hall–Kier alpha value is -1.68. The fourth-order valence-corrected chi connectivity index (χ4v) is 2.28. The van der Waals surface area contributed by atoms with E-state index >= 15 is 0 Å². The molecule has 0 aliphatic carbocycles. The Morgan fingerprint density at radius 3 is 2.81 bits per heavy atom. The maximum absolute atomic E-state index is 4.53. The van der Waals surface area contributed by atoms with Gasteiger partial charge in [-0.25, -0.2) is 9.50 Å². The molecule has 3 rings (SSSR count). The van der Waals surface area contributed by atoms with E-state index in [1.54, 1.807) is 16.8 Å². The van der Waals surface area contributed by atoms with Gasteiger partial charge in [-0.2, -0.15) is 5.10 Å². The van der Waals surface area contributed by atoms with Gasteiger partial charge in [0.2, 0.25) is 4.96 Å². The second-order valence-corrected chi connectivity index (χ2v) is 4.70. The zero-order valence-corrected chi connectivity index (χ0v) is 9.95. The van der Waals surface area contributed by atoms with E-state index in [9.17, 15) is 0 Å². The summed E-state index contributed by atoms with van der Waals surface area (Å²) in [6, 6.07) is 6.40. The van der Waals surface area contributed by atoms with Gasteiger partial charge in [-0.15, -0.1) is 0 Å². The van der Waals surface area contributed by atoms with Crippen LogP contribution in [0, 0.1) is 13.8 Å². The first kappa shape index (κ1) is 9.54. The highest BCUT2D eigenvalue weighted by molar-refractivity contribution is 7.14. The van der Waals surface area contributed by atoms with Crippen molar-refractivity contribution < 1.29 is 0 Å². The van der Waals surface area contributed by atoms with E-state index in [0.29, 0.717) is 0 Å². The van der Waals surface area contributed by atoms with Crippen molar-refractivity contribution in [3.05, 3.63) is 41.0 Å². The molecule has 0 saturated heterocycles. The van der Waals surface area contributed by atoms with Crippen LogP contribution in [0.1, 0.15) is 11.1 Å². The van der Waals surface area contributed by atoms with Crippen molar-refractivity contribution in [2.75, 3.05) is 0 Å². The number of imidazole rings is 1. The lowest BCUT2D eigenvalue weighted by molar-refractivity contribution is 0.974. The lowest BCUT2D eigenvalue weighted by Crippen LogP contribution is -1.83. The molecule has 0 aliphatic rings. The standard InChI is InChI=1S/C12H11N3S/c1-8-3-4-10(5-9(8)2)11-6-15-12(14-11)16-7-13-15/h3-7H,1-2H3. The van der Waals surface area contributed by atoms with Crippen LogP contribution in [-0.2, 0) is 0 Å². The van der Waals surface area contributed by atoms with Gasteiger partial charge in [0.25, 0.3) is 0 Å². The molecule has 4 heteroatoms. The molecular weight excluding hydrogens is 218 g/mol. The van der Waals surface area contributed by atoms with Crippen LogP contribution in [-0.4, -0.2) is 14.6 Å². The van der Waals surface area contributed by atoms with Gasteiger partial charge in [0.1, 0.15) is 5.51 Å². The molecule has 0 atom stereocenters. The molecule has 2 heterocycles. The van der Waals surface area contributed by atoms with E-state index in [-0.39, 0.29) is 0 Å². The average Bonchev–Trinajstić information content (AvgIpc) is 2.81. The lowest BCUT2D eigenvalue weighted by Gasteiger charge is -2.01. The Kier molecular flexibility index (Phi) is 2.04. The predicted molar refractivity (Wildman–Crippen MR) is 65.8 cm³/mol. The van der Waals surface area contributed by atoms with Gasteiger partial charge in [-0.05, 0) is 31.0 Å². The summed E-state index contributed by atoms with van der Waals surface area (Å²) >= 11 is 1.55. The van der Waals surface area contributed by atoms with E-state index in [0.717, 1.165) is 16.2 Å². The lowest BCUT2D eigenvalue weighted by atomic mass is 10.1. The van der Waals surface area contributed by atoms with Gasteiger partial charge in [0.05, 0.1) is 11.9 Å².